The first-order chi connectivity index (χ1) is 9.27. The Labute approximate surface area is 115 Å². The standard InChI is InChI=1S/C15H26N2O2/c18-14(10-13-2-9-19-11-13)17-8-1-3-15(12-17)4-6-16-7-5-15/h13,16H,1-12H2/t13-/m0/s1. The first kappa shape index (κ1) is 13.4. The number of piperidine rings is 2. The van der Waals surface area contributed by atoms with Crippen LogP contribution in [0, 0.1) is 11.3 Å². The smallest absolute Gasteiger partial charge is 0.222 e. The van der Waals surface area contributed by atoms with Crippen LogP contribution < -0.4 is 5.32 Å². The number of carbonyl (C=O) groups excluding carboxylic acids is 1. The highest BCUT2D eigenvalue weighted by atomic mass is 16.5. The van der Waals surface area contributed by atoms with Gasteiger partial charge in [0.15, 0.2) is 0 Å². The minimum absolute atomic E-state index is 0.369. The van der Waals surface area contributed by atoms with Crippen LogP contribution in [-0.4, -0.2) is 50.2 Å². The van der Waals surface area contributed by atoms with E-state index < -0.39 is 0 Å². The van der Waals surface area contributed by atoms with E-state index in [9.17, 15) is 4.79 Å². The summed E-state index contributed by atoms with van der Waals surface area (Å²) >= 11 is 0. The zero-order valence-corrected chi connectivity index (χ0v) is 11.8. The normalized spacial score (nSPS) is 30.7. The average Bonchev–Trinajstić information content (AvgIpc) is 2.92. The highest BCUT2D eigenvalue weighted by Gasteiger charge is 2.38. The van der Waals surface area contributed by atoms with Crippen LogP contribution >= 0.6 is 0 Å². The lowest BCUT2D eigenvalue weighted by Gasteiger charge is -2.45. The van der Waals surface area contributed by atoms with Crippen molar-refractivity contribution < 1.29 is 9.53 Å². The van der Waals surface area contributed by atoms with Gasteiger partial charge in [-0.25, -0.2) is 0 Å². The van der Waals surface area contributed by atoms with E-state index in [1.807, 2.05) is 0 Å². The Morgan fingerprint density at radius 3 is 2.89 bits per heavy atom. The number of nitrogens with zero attached hydrogens (tertiary/aromatic N) is 1. The van der Waals surface area contributed by atoms with Crippen molar-refractivity contribution in [3.63, 3.8) is 0 Å². The van der Waals surface area contributed by atoms with Crippen LogP contribution in [0.5, 0.6) is 0 Å². The fourth-order valence-corrected chi connectivity index (χ4v) is 3.91. The number of hydrogen-bond acceptors (Lipinski definition) is 3. The Morgan fingerprint density at radius 2 is 2.16 bits per heavy atom. The van der Waals surface area contributed by atoms with Gasteiger partial charge in [0.2, 0.25) is 5.91 Å². The van der Waals surface area contributed by atoms with E-state index in [2.05, 4.69) is 10.2 Å². The summed E-state index contributed by atoms with van der Waals surface area (Å²) in [5, 5.41) is 3.44. The van der Waals surface area contributed by atoms with Gasteiger partial charge in [0.05, 0.1) is 0 Å². The Kier molecular flexibility index (Phi) is 4.08. The van der Waals surface area contributed by atoms with Crippen molar-refractivity contribution in [2.24, 2.45) is 11.3 Å². The molecule has 108 valence electrons. The molecule has 3 aliphatic rings. The van der Waals surface area contributed by atoms with E-state index in [1.54, 1.807) is 0 Å². The van der Waals surface area contributed by atoms with Crippen LogP contribution in [0.25, 0.3) is 0 Å². The Hall–Kier alpha value is -0.610. The molecule has 4 nitrogen and oxygen atoms in total. The summed E-state index contributed by atoms with van der Waals surface area (Å²) in [5.41, 5.74) is 0.422. The van der Waals surface area contributed by atoms with Crippen molar-refractivity contribution in [2.45, 2.75) is 38.5 Å². The van der Waals surface area contributed by atoms with Crippen LogP contribution in [-0.2, 0) is 9.53 Å². The third kappa shape index (κ3) is 3.11. The summed E-state index contributed by atoms with van der Waals surface area (Å²) in [5.74, 6) is 0.839. The molecule has 1 atom stereocenters. The molecule has 0 aliphatic carbocycles. The van der Waals surface area contributed by atoms with Crippen LogP contribution in [0.3, 0.4) is 0 Å². The molecule has 19 heavy (non-hydrogen) atoms. The van der Waals surface area contributed by atoms with Crippen molar-refractivity contribution in [1.29, 1.82) is 0 Å². The maximum absolute atomic E-state index is 12.4. The summed E-state index contributed by atoms with van der Waals surface area (Å²) in [6.45, 7) is 5.85. The number of amides is 1. The molecule has 3 fully saturated rings. The van der Waals surface area contributed by atoms with E-state index in [0.717, 1.165) is 45.8 Å². The van der Waals surface area contributed by atoms with E-state index in [-0.39, 0.29) is 0 Å². The third-order valence-corrected chi connectivity index (χ3v) is 5.17. The van der Waals surface area contributed by atoms with Crippen LogP contribution in [0.15, 0.2) is 0 Å². The summed E-state index contributed by atoms with van der Waals surface area (Å²) in [4.78, 5) is 14.6. The molecular formula is C15H26N2O2. The molecule has 3 saturated heterocycles. The fourth-order valence-electron chi connectivity index (χ4n) is 3.91. The van der Waals surface area contributed by atoms with E-state index in [1.165, 1.54) is 25.7 Å². The maximum Gasteiger partial charge on any atom is 0.222 e. The van der Waals surface area contributed by atoms with Crippen molar-refractivity contribution in [3.8, 4) is 0 Å². The molecule has 3 aliphatic heterocycles. The first-order valence-corrected chi connectivity index (χ1v) is 7.84. The van der Waals surface area contributed by atoms with Gasteiger partial charge in [-0.1, -0.05) is 0 Å². The van der Waals surface area contributed by atoms with Crippen molar-refractivity contribution in [1.82, 2.24) is 10.2 Å². The van der Waals surface area contributed by atoms with Gasteiger partial charge >= 0.3 is 0 Å². The highest BCUT2D eigenvalue weighted by Crippen LogP contribution is 2.38. The van der Waals surface area contributed by atoms with Gasteiger partial charge in [-0.15, -0.1) is 0 Å². The Balaban J connectivity index is 1.56. The topological polar surface area (TPSA) is 41.6 Å². The summed E-state index contributed by atoms with van der Waals surface area (Å²) in [7, 11) is 0. The van der Waals surface area contributed by atoms with E-state index in [4.69, 9.17) is 4.74 Å². The monoisotopic (exact) mass is 266 g/mol. The largest absolute Gasteiger partial charge is 0.381 e. The van der Waals surface area contributed by atoms with Gasteiger partial charge < -0.3 is 15.0 Å². The molecule has 0 unspecified atom stereocenters. The Morgan fingerprint density at radius 1 is 1.32 bits per heavy atom. The van der Waals surface area contributed by atoms with Gasteiger partial charge in [-0.2, -0.15) is 0 Å². The molecule has 4 heteroatoms. The Bertz CT molecular complexity index is 315. The molecule has 0 aromatic rings. The lowest BCUT2D eigenvalue weighted by atomic mass is 9.73. The first-order valence-electron chi connectivity index (χ1n) is 7.84. The molecule has 0 aromatic carbocycles. The lowest BCUT2D eigenvalue weighted by molar-refractivity contribution is -0.136. The minimum atomic E-state index is 0.369. The molecule has 1 N–H and O–H groups in total. The molecule has 0 saturated carbocycles. The second-order valence-electron chi connectivity index (χ2n) is 6.60. The fraction of sp³-hybridized carbons (Fsp3) is 0.933. The number of rotatable bonds is 2. The predicted octanol–water partition coefficient (Wildman–Crippen LogP) is 1.41. The summed E-state index contributed by atoms with van der Waals surface area (Å²) < 4.78 is 5.38. The van der Waals surface area contributed by atoms with Crippen molar-refractivity contribution >= 4 is 5.91 Å². The second kappa shape index (κ2) is 5.80. The average molecular weight is 266 g/mol. The van der Waals surface area contributed by atoms with Gasteiger partial charge in [-0.05, 0) is 56.5 Å². The number of ether oxygens (including phenoxy) is 1. The highest BCUT2D eigenvalue weighted by molar-refractivity contribution is 5.76. The van der Waals surface area contributed by atoms with Gasteiger partial charge in [0.25, 0.3) is 0 Å². The van der Waals surface area contributed by atoms with Crippen LogP contribution in [0.2, 0.25) is 0 Å². The molecule has 1 amide bonds. The quantitative estimate of drug-likeness (QED) is 0.821. The third-order valence-electron chi connectivity index (χ3n) is 5.17. The number of nitrogens with one attached hydrogen (secondary N) is 1. The summed E-state index contributed by atoms with van der Waals surface area (Å²) in [6, 6.07) is 0. The zero-order chi connectivity index (χ0) is 13.1. The molecule has 0 radical (unpaired) electrons. The number of likely N-dealkylation sites (tertiary alicyclic amines) is 1. The lowest BCUT2D eigenvalue weighted by Crippen LogP contribution is -2.50. The summed E-state index contributed by atoms with van der Waals surface area (Å²) in [6.07, 6.45) is 6.74. The van der Waals surface area contributed by atoms with Crippen LogP contribution in [0.4, 0.5) is 0 Å². The number of carbonyl (C=O) groups is 1. The zero-order valence-electron chi connectivity index (χ0n) is 11.8. The second-order valence-corrected chi connectivity index (χ2v) is 6.60. The molecule has 0 bridgehead atoms. The van der Waals surface area contributed by atoms with Gasteiger partial charge in [-0.3, -0.25) is 4.79 Å². The van der Waals surface area contributed by atoms with E-state index >= 15 is 0 Å². The molecular weight excluding hydrogens is 240 g/mol. The molecule has 0 aromatic heterocycles. The SMILES string of the molecule is O=C(C[C@@H]1CCOC1)N1CCCC2(CCNCC2)C1. The maximum atomic E-state index is 12.4. The van der Waals surface area contributed by atoms with Crippen LogP contribution in [0.1, 0.15) is 38.5 Å². The predicted molar refractivity (Wildman–Crippen MR) is 73.9 cm³/mol. The van der Waals surface area contributed by atoms with Crippen molar-refractivity contribution in [3.05, 3.63) is 0 Å². The molecule has 1 spiro atoms. The van der Waals surface area contributed by atoms with Gasteiger partial charge in [0, 0.05) is 32.7 Å². The number of hydrogen-bond donors (Lipinski definition) is 1. The molecule has 3 heterocycles. The minimum Gasteiger partial charge on any atom is -0.381 e. The van der Waals surface area contributed by atoms with Crippen molar-refractivity contribution in [2.75, 3.05) is 39.4 Å². The van der Waals surface area contributed by atoms with E-state index in [0.29, 0.717) is 23.7 Å². The molecule has 3 rings (SSSR count). The van der Waals surface area contributed by atoms with Gasteiger partial charge in [0.1, 0.15) is 0 Å².